The van der Waals surface area contributed by atoms with Crippen molar-refractivity contribution in [1.29, 1.82) is 0 Å². The van der Waals surface area contributed by atoms with Crippen molar-refractivity contribution in [3.05, 3.63) is 35.4 Å². The van der Waals surface area contributed by atoms with Crippen LogP contribution >= 0.6 is 0 Å². The molecule has 0 radical (unpaired) electrons. The van der Waals surface area contributed by atoms with E-state index in [0.29, 0.717) is 24.6 Å². The number of urea groups is 1. The number of rotatable bonds is 2. The fraction of sp³-hybridized carbons (Fsp3) is 0.533. The number of carbonyl (C=O) groups excluding carboxylic acids is 1. The molecule has 1 aliphatic rings. The van der Waals surface area contributed by atoms with Crippen molar-refractivity contribution in [3.63, 3.8) is 0 Å². The summed E-state index contributed by atoms with van der Waals surface area (Å²) in [5, 5.41) is 2.69. The second kappa shape index (κ2) is 6.37. The van der Waals surface area contributed by atoms with Gasteiger partial charge in [-0.05, 0) is 36.5 Å². The predicted molar refractivity (Wildman–Crippen MR) is 73.7 cm³/mol. The summed E-state index contributed by atoms with van der Waals surface area (Å²) in [4.78, 5) is 13.7. The van der Waals surface area contributed by atoms with Crippen LogP contribution in [0, 0.1) is 5.92 Å². The Hall–Kier alpha value is -1.72. The third kappa shape index (κ3) is 4.37. The smallest absolute Gasteiger partial charge is 0.334 e. The lowest BCUT2D eigenvalue weighted by molar-refractivity contribution is -0.137. The van der Waals surface area contributed by atoms with Crippen molar-refractivity contribution >= 4 is 6.03 Å². The van der Waals surface area contributed by atoms with Crippen molar-refractivity contribution in [3.8, 4) is 0 Å². The van der Waals surface area contributed by atoms with Crippen molar-refractivity contribution in [1.82, 2.24) is 10.2 Å². The average molecular weight is 300 g/mol. The number of likely N-dealkylation sites (tertiary alicyclic amines) is 1. The fourth-order valence-electron chi connectivity index (χ4n) is 2.52. The zero-order chi connectivity index (χ0) is 15.5. The van der Waals surface area contributed by atoms with E-state index in [-0.39, 0.29) is 12.6 Å². The van der Waals surface area contributed by atoms with E-state index in [1.165, 1.54) is 6.07 Å². The summed E-state index contributed by atoms with van der Waals surface area (Å²) in [6.45, 7) is 3.60. The van der Waals surface area contributed by atoms with Gasteiger partial charge in [0.05, 0.1) is 5.56 Å². The zero-order valence-electron chi connectivity index (χ0n) is 11.9. The first-order valence-electron chi connectivity index (χ1n) is 7.05. The number of hydrogen-bond acceptors (Lipinski definition) is 1. The van der Waals surface area contributed by atoms with Crippen molar-refractivity contribution < 1.29 is 18.0 Å². The summed E-state index contributed by atoms with van der Waals surface area (Å²) in [6.07, 6.45) is -2.28. The van der Waals surface area contributed by atoms with E-state index in [9.17, 15) is 18.0 Å². The van der Waals surface area contributed by atoms with Crippen LogP contribution in [-0.4, -0.2) is 24.0 Å². The Kier molecular flexibility index (Phi) is 4.75. The summed E-state index contributed by atoms with van der Waals surface area (Å²) >= 11 is 0. The molecular formula is C15H19F3N2O. The third-order valence-electron chi connectivity index (χ3n) is 3.64. The van der Waals surface area contributed by atoms with Gasteiger partial charge in [0.1, 0.15) is 0 Å². The molecule has 1 aliphatic heterocycles. The second-order valence-electron chi connectivity index (χ2n) is 5.55. The lowest BCUT2D eigenvalue weighted by Crippen LogP contribution is -2.44. The maximum Gasteiger partial charge on any atom is 0.416 e. The van der Waals surface area contributed by atoms with Gasteiger partial charge in [0.25, 0.3) is 0 Å². The van der Waals surface area contributed by atoms with Gasteiger partial charge in [-0.1, -0.05) is 19.1 Å². The van der Waals surface area contributed by atoms with E-state index >= 15 is 0 Å². The third-order valence-corrected chi connectivity index (χ3v) is 3.64. The van der Waals surface area contributed by atoms with Crippen molar-refractivity contribution in [2.24, 2.45) is 5.92 Å². The molecule has 0 aliphatic carbocycles. The lowest BCUT2D eigenvalue weighted by Gasteiger charge is -2.31. The van der Waals surface area contributed by atoms with Gasteiger partial charge in [0, 0.05) is 19.6 Å². The van der Waals surface area contributed by atoms with Crippen molar-refractivity contribution in [2.75, 3.05) is 13.1 Å². The van der Waals surface area contributed by atoms with Gasteiger partial charge in [-0.3, -0.25) is 0 Å². The highest BCUT2D eigenvalue weighted by Gasteiger charge is 2.30. The van der Waals surface area contributed by atoms with Crippen LogP contribution in [-0.2, 0) is 12.7 Å². The van der Waals surface area contributed by atoms with Gasteiger partial charge >= 0.3 is 12.2 Å². The van der Waals surface area contributed by atoms with E-state index in [1.54, 1.807) is 11.0 Å². The molecule has 0 spiro atoms. The van der Waals surface area contributed by atoms with Crippen LogP contribution in [0.1, 0.15) is 30.9 Å². The normalized spacial score (nSPS) is 19.4. The molecular weight excluding hydrogens is 281 g/mol. The highest BCUT2D eigenvalue weighted by Crippen LogP contribution is 2.29. The summed E-state index contributed by atoms with van der Waals surface area (Å²) in [7, 11) is 0. The first kappa shape index (κ1) is 15.7. The maximum atomic E-state index is 12.6. The summed E-state index contributed by atoms with van der Waals surface area (Å²) < 4.78 is 37.8. The Balaban J connectivity index is 1.92. The van der Waals surface area contributed by atoms with Crippen LogP contribution in [0.25, 0.3) is 0 Å². The minimum absolute atomic E-state index is 0.105. The first-order chi connectivity index (χ1) is 9.86. The molecule has 116 valence electrons. The molecule has 3 nitrogen and oxygen atoms in total. The number of halogens is 3. The number of carbonyl (C=O) groups is 1. The Morgan fingerprint density at radius 3 is 2.86 bits per heavy atom. The predicted octanol–water partition coefficient (Wildman–Crippen LogP) is 3.65. The van der Waals surface area contributed by atoms with Gasteiger partial charge in [0.15, 0.2) is 0 Å². The minimum Gasteiger partial charge on any atom is -0.334 e. The summed E-state index contributed by atoms with van der Waals surface area (Å²) in [6, 6.07) is 4.82. The molecule has 1 unspecified atom stereocenters. The highest BCUT2D eigenvalue weighted by atomic mass is 19.4. The van der Waals surface area contributed by atoms with Gasteiger partial charge < -0.3 is 10.2 Å². The van der Waals surface area contributed by atoms with E-state index in [1.807, 2.05) is 0 Å². The van der Waals surface area contributed by atoms with Crippen LogP contribution in [0.4, 0.5) is 18.0 Å². The maximum absolute atomic E-state index is 12.6. The van der Waals surface area contributed by atoms with Crippen molar-refractivity contribution in [2.45, 2.75) is 32.5 Å². The number of hydrogen-bond donors (Lipinski definition) is 1. The van der Waals surface area contributed by atoms with Crippen LogP contribution in [0.15, 0.2) is 24.3 Å². The number of nitrogens with one attached hydrogen (secondary N) is 1. The first-order valence-corrected chi connectivity index (χ1v) is 7.05. The molecule has 2 rings (SSSR count). The van der Waals surface area contributed by atoms with Gasteiger partial charge in [-0.2, -0.15) is 13.2 Å². The van der Waals surface area contributed by atoms with Crippen LogP contribution < -0.4 is 5.32 Å². The second-order valence-corrected chi connectivity index (χ2v) is 5.55. The van der Waals surface area contributed by atoms with Crippen LogP contribution in [0.2, 0.25) is 0 Å². The standard InChI is InChI=1S/C15H19F3N2O/c1-11-4-3-7-20(10-11)14(21)19-9-12-5-2-6-13(8-12)15(16,17)18/h2,5-6,8,11H,3-4,7,9-10H2,1H3,(H,19,21). The Morgan fingerprint density at radius 1 is 1.43 bits per heavy atom. The van der Waals surface area contributed by atoms with Gasteiger partial charge in [0.2, 0.25) is 0 Å². The molecule has 1 N–H and O–H groups in total. The molecule has 1 fully saturated rings. The topological polar surface area (TPSA) is 32.3 Å². The average Bonchev–Trinajstić information content (AvgIpc) is 2.44. The molecule has 1 atom stereocenters. The zero-order valence-corrected chi connectivity index (χ0v) is 11.9. The number of amides is 2. The molecule has 0 saturated carbocycles. The quantitative estimate of drug-likeness (QED) is 0.888. The molecule has 2 amide bonds. The highest BCUT2D eigenvalue weighted by molar-refractivity contribution is 5.74. The van der Waals surface area contributed by atoms with Gasteiger partial charge in [-0.15, -0.1) is 0 Å². The van der Waals surface area contributed by atoms with E-state index in [2.05, 4.69) is 12.2 Å². The Morgan fingerprint density at radius 2 is 2.19 bits per heavy atom. The molecule has 1 saturated heterocycles. The molecule has 0 aromatic heterocycles. The largest absolute Gasteiger partial charge is 0.416 e. The van der Waals surface area contributed by atoms with Gasteiger partial charge in [-0.25, -0.2) is 4.79 Å². The molecule has 0 bridgehead atoms. The Bertz CT molecular complexity index is 502. The summed E-state index contributed by atoms with van der Waals surface area (Å²) in [5.74, 6) is 0.470. The van der Waals surface area contributed by atoms with E-state index in [4.69, 9.17) is 0 Å². The summed E-state index contributed by atoms with van der Waals surface area (Å²) in [5.41, 5.74) is -0.246. The van der Waals surface area contributed by atoms with Crippen LogP contribution in [0.3, 0.4) is 0 Å². The molecule has 1 heterocycles. The molecule has 1 aromatic carbocycles. The number of benzene rings is 1. The van der Waals surface area contributed by atoms with E-state index in [0.717, 1.165) is 25.0 Å². The minimum atomic E-state index is -4.36. The SMILES string of the molecule is CC1CCCN(C(=O)NCc2cccc(C(F)(F)F)c2)C1. The lowest BCUT2D eigenvalue weighted by atomic mass is 10.0. The fourth-order valence-corrected chi connectivity index (χ4v) is 2.52. The molecule has 21 heavy (non-hydrogen) atoms. The van der Waals surface area contributed by atoms with Crippen LogP contribution in [0.5, 0.6) is 0 Å². The Labute approximate surface area is 122 Å². The van der Waals surface area contributed by atoms with E-state index < -0.39 is 11.7 Å². The number of nitrogens with zero attached hydrogens (tertiary/aromatic N) is 1. The number of piperidine rings is 1. The molecule has 1 aromatic rings. The number of alkyl halides is 3. The molecule has 6 heteroatoms. The monoisotopic (exact) mass is 300 g/mol.